The van der Waals surface area contributed by atoms with E-state index in [-0.39, 0.29) is 17.9 Å². The minimum atomic E-state index is -0.406. The molecule has 3 rings (SSSR count). The van der Waals surface area contributed by atoms with Crippen LogP contribution in [0.2, 0.25) is 0 Å². The lowest BCUT2D eigenvalue weighted by atomic mass is 10.0. The van der Waals surface area contributed by atoms with Gasteiger partial charge in [0, 0.05) is 12.2 Å². The fourth-order valence-electron chi connectivity index (χ4n) is 3.36. The van der Waals surface area contributed by atoms with Gasteiger partial charge in [-0.05, 0) is 43.4 Å². The maximum Gasteiger partial charge on any atom is 0.250 e. The molecule has 1 aromatic carbocycles. The number of carbonyl (C=O) groups is 2. The average molecular weight is 286 g/mol. The van der Waals surface area contributed by atoms with E-state index in [1.165, 1.54) is 5.56 Å². The number of amides is 2. The highest BCUT2D eigenvalue weighted by atomic mass is 16.2. The number of anilines is 1. The lowest BCUT2D eigenvalue weighted by molar-refractivity contribution is -0.143. The summed E-state index contributed by atoms with van der Waals surface area (Å²) in [5.74, 6) is 0.599. The van der Waals surface area contributed by atoms with Gasteiger partial charge in [-0.1, -0.05) is 26.0 Å². The van der Waals surface area contributed by atoms with Gasteiger partial charge in [0.2, 0.25) is 5.91 Å². The highest BCUT2D eigenvalue weighted by Gasteiger charge is 2.46. The lowest BCUT2D eigenvalue weighted by Gasteiger charge is -2.40. The standard InChI is InChI=1S/C17H22N2O2/c1-11(2)13-6-8-14(9-7-13)19-12(3)16(20)18-10-4-5-15(18)17(19)21/h6-9,11-12,15H,4-5,10H2,1-3H3. The van der Waals surface area contributed by atoms with E-state index in [1.54, 1.807) is 9.80 Å². The largest absolute Gasteiger partial charge is 0.329 e. The van der Waals surface area contributed by atoms with Crippen molar-refractivity contribution in [2.75, 3.05) is 11.4 Å². The summed E-state index contributed by atoms with van der Waals surface area (Å²) in [6.45, 7) is 6.83. The van der Waals surface area contributed by atoms with Crippen molar-refractivity contribution in [2.45, 2.75) is 51.6 Å². The van der Waals surface area contributed by atoms with Crippen LogP contribution in [0.5, 0.6) is 0 Å². The number of carbonyl (C=O) groups excluding carboxylic acids is 2. The van der Waals surface area contributed by atoms with E-state index in [4.69, 9.17) is 0 Å². The van der Waals surface area contributed by atoms with Gasteiger partial charge < -0.3 is 4.90 Å². The molecule has 2 saturated heterocycles. The average Bonchev–Trinajstić information content (AvgIpc) is 2.95. The van der Waals surface area contributed by atoms with Crippen molar-refractivity contribution in [2.24, 2.45) is 0 Å². The van der Waals surface area contributed by atoms with Crippen LogP contribution in [0.15, 0.2) is 24.3 Å². The molecule has 112 valence electrons. The molecule has 21 heavy (non-hydrogen) atoms. The predicted molar refractivity (Wildman–Crippen MR) is 82.2 cm³/mol. The van der Waals surface area contributed by atoms with Crippen molar-refractivity contribution >= 4 is 17.5 Å². The lowest BCUT2D eigenvalue weighted by Crippen LogP contribution is -2.62. The SMILES string of the molecule is CC(C)c1ccc(N2C(=O)C3CCCN3C(=O)C2C)cc1. The quantitative estimate of drug-likeness (QED) is 0.838. The molecule has 2 aliphatic heterocycles. The van der Waals surface area contributed by atoms with Crippen LogP contribution >= 0.6 is 0 Å². The molecule has 2 atom stereocenters. The van der Waals surface area contributed by atoms with Crippen molar-refractivity contribution in [3.05, 3.63) is 29.8 Å². The first-order valence-electron chi connectivity index (χ1n) is 7.74. The van der Waals surface area contributed by atoms with E-state index in [0.717, 1.165) is 25.1 Å². The Kier molecular flexibility index (Phi) is 3.47. The maximum absolute atomic E-state index is 12.7. The zero-order valence-corrected chi connectivity index (χ0v) is 12.9. The van der Waals surface area contributed by atoms with Gasteiger partial charge in [-0.15, -0.1) is 0 Å². The fourth-order valence-corrected chi connectivity index (χ4v) is 3.36. The third-order valence-electron chi connectivity index (χ3n) is 4.64. The first-order chi connectivity index (χ1) is 10.0. The van der Waals surface area contributed by atoms with Gasteiger partial charge in [-0.25, -0.2) is 0 Å². The number of nitrogens with zero attached hydrogens (tertiary/aromatic N) is 2. The Morgan fingerprint density at radius 1 is 1.10 bits per heavy atom. The Hall–Kier alpha value is -1.84. The van der Waals surface area contributed by atoms with Gasteiger partial charge in [0.05, 0.1) is 0 Å². The van der Waals surface area contributed by atoms with Crippen LogP contribution in [-0.2, 0) is 9.59 Å². The summed E-state index contributed by atoms with van der Waals surface area (Å²) < 4.78 is 0. The predicted octanol–water partition coefficient (Wildman–Crippen LogP) is 2.54. The molecule has 0 bridgehead atoms. The third-order valence-corrected chi connectivity index (χ3v) is 4.64. The molecule has 0 saturated carbocycles. The monoisotopic (exact) mass is 286 g/mol. The van der Waals surface area contributed by atoms with Crippen LogP contribution in [-0.4, -0.2) is 35.3 Å². The van der Waals surface area contributed by atoms with Crippen molar-refractivity contribution in [3.63, 3.8) is 0 Å². The number of piperazine rings is 1. The fraction of sp³-hybridized carbons (Fsp3) is 0.529. The molecular formula is C17H22N2O2. The van der Waals surface area contributed by atoms with Crippen molar-refractivity contribution in [1.82, 2.24) is 4.90 Å². The minimum absolute atomic E-state index is 0.0666. The zero-order valence-electron chi connectivity index (χ0n) is 12.9. The van der Waals surface area contributed by atoms with Crippen LogP contribution in [0.25, 0.3) is 0 Å². The summed E-state index contributed by atoms with van der Waals surface area (Å²) in [5, 5.41) is 0. The Morgan fingerprint density at radius 2 is 1.76 bits per heavy atom. The molecule has 0 aliphatic carbocycles. The summed E-state index contributed by atoms with van der Waals surface area (Å²) in [6, 6.07) is 7.36. The van der Waals surface area contributed by atoms with Gasteiger partial charge in [0.15, 0.2) is 0 Å². The molecule has 0 radical (unpaired) electrons. The second-order valence-electron chi connectivity index (χ2n) is 6.32. The highest BCUT2D eigenvalue weighted by Crippen LogP contribution is 2.31. The van der Waals surface area contributed by atoms with Gasteiger partial charge in [-0.2, -0.15) is 0 Å². The number of rotatable bonds is 2. The summed E-state index contributed by atoms with van der Waals surface area (Å²) in [6.07, 6.45) is 1.72. The molecule has 4 heteroatoms. The van der Waals surface area contributed by atoms with Crippen LogP contribution in [0.1, 0.15) is 45.1 Å². The minimum Gasteiger partial charge on any atom is -0.329 e. The van der Waals surface area contributed by atoms with Crippen LogP contribution < -0.4 is 4.90 Å². The summed E-state index contributed by atoms with van der Waals surface area (Å²) in [5.41, 5.74) is 2.07. The normalized spacial score (nSPS) is 25.7. The molecule has 2 unspecified atom stereocenters. The summed E-state index contributed by atoms with van der Waals surface area (Å²) in [4.78, 5) is 28.6. The first-order valence-corrected chi connectivity index (χ1v) is 7.74. The van der Waals surface area contributed by atoms with E-state index < -0.39 is 6.04 Å². The topological polar surface area (TPSA) is 40.6 Å². The van der Waals surface area contributed by atoms with Gasteiger partial charge in [0.25, 0.3) is 5.91 Å². The number of hydrogen-bond acceptors (Lipinski definition) is 2. The Morgan fingerprint density at radius 3 is 2.38 bits per heavy atom. The molecule has 4 nitrogen and oxygen atoms in total. The summed E-state index contributed by atoms with van der Waals surface area (Å²) in [7, 11) is 0. The molecular weight excluding hydrogens is 264 g/mol. The first kappa shape index (κ1) is 14.1. The molecule has 0 N–H and O–H groups in total. The van der Waals surface area contributed by atoms with E-state index in [1.807, 2.05) is 31.2 Å². The van der Waals surface area contributed by atoms with Crippen LogP contribution in [0.3, 0.4) is 0 Å². The van der Waals surface area contributed by atoms with E-state index >= 15 is 0 Å². The Labute approximate surface area is 125 Å². The number of benzene rings is 1. The smallest absolute Gasteiger partial charge is 0.250 e. The highest BCUT2D eigenvalue weighted by molar-refractivity contribution is 6.08. The van der Waals surface area contributed by atoms with Gasteiger partial charge in [0.1, 0.15) is 12.1 Å². The second kappa shape index (κ2) is 5.17. The molecule has 2 amide bonds. The number of fused-ring (bicyclic) bond motifs is 1. The van der Waals surface area contributed by atoms with Crippen molar-refractivity contribution in [1.29, 1.82) is 0 Å². The number of hydrogen-bond donors (Lipinski definition) is 0. The third kappa shape index (κ3) is 2.23. The van der Waals surface area contributed by atoms with E-state index in [2.05, 4.69) is 13.8 Å². The van der Waals surface area contributed by atoms with Gasteiger partial charge in [-0.3, -0.25) is 14.5 Å². The molecule has 2 aliphatic rings. The van der Waals surface area contributed by atoms with Crippen molar-refractivity contribution < 1.29 is 9.59 Å². The van der Waals surface area contributed by atoms with Gasteiger partial charge >= 0.3 is 0 Å². The molecule has 0 spiro atoms. The zero-order chi connectivity index (χ0) is 15.1. The Bertz CT molecular complexity index is 565. The van der Waals surface area contributed by atoms with Crippen LogP contribution in [0, 0.1) is 0 Å². The Balaban J connectivity index is 1.93. The maximum atomic E-state index is 12.7. The molecule has 0 aromatic heterocycles. The molecule has 2 fully saturated rings. The molecule has 1 aromatic rings. The second-order valence-corrected chi connectivity index (χ2v) is 6.32. The van der Waals surface area contributed by atoms with E-state index in [9.17, 15) is 9.59 Å². The summed E-state index contributed by atoms with van der Waals surface area (Å²) >= 11 is 0. The van der Waals surface area contributed by atoms with E-state index in [0.29, 0.717) is 5.92 Å². The van der Waals surface area contributed by atoms with Crippen LogP contribution in [0.4, 0.5) is 5.69 Å². The van der Waals surface area contributed by atoms with Crippen molar-refractivity contribution in [3.8, 4) is 0 Å². The molecule has 2 heterocycles.